The number of hydrogen-bond acceptors (Lipinski definition) is 2. The first-order valence-electron chi connectivity index (χ1n) is 6.53. The summed E-state index contributed by atoms with van der Waals surface area (Å²) in [5.74, 6) is -0.295. The highest BCUT2D eigenvalue weighted by Gasteiger charge is 2.10. The van der Waals surface area contributed by atoms with Crippen molar-refractivity contribution in [1.82, 2.24) is 4.98 Å². The maximum absolute atomic E-state index is 12.2. The number of halogens is 2. The first kappa shape index (κ1) is 15.1. The molecule has 5 heteroatoms. The Morgan fingerprint density at radius 3 is 2.77 bits per heavy atom. The number of rotatable bonds is 3. The van der Waals surface area contributed by atoms with Crippen molar-refractivity contribution in [2.75, 3.05) is 0 Å². The van der Waals surface area contributed by atoms with Crippen molar-refractivity contribution in [3.05, 3.63) is 68.7 Å². The number of benzene rings is 2. The summed E-state index contributed by atoms with van der Waals surface area (Å²) in [6.45, 7) is 0. The van der Waals surface area contributed by atoms with Crippen LogP contribution in [0.3, 0.4) is 0 Å². The quantitative estimate of drug-likeness (QED) is 0.446. The van der Waals surface area contributed by atoms with Crippen LogP contribution < -0.4 is 0 Å². The van der Waals surface area contributed by atoms with Gasteiger partial charge in [0.05, 0.1) is 10.0 Å². The lowest BCUT2D eigenvalue weighted by atomic mass is 10.1. The molecule has 2 aromatic carbocycles. The van der Waals surface area contributed by atoms with Gasteiger partial charge in [0.15, 0.2) is 5.78 Å². The van der Waals surface area contributed by atoms with Crippen molar-refractivity contribution in [1.29, 1.82) is 0 Å². The van der Waals surface area contributed by atoms with E-state index in [0.717, 1.165) is 21.1 Å². The van der Waals surface area contributed by atoms with E-state index in [0.29, 0.717) is 4.47 Å². The van der Waals surface area contributed by atoms with Crippen LogP contribution in [0.2, 0.25) is 0 Å². The standard InChI is InChI=1S/C17H11Br2NO2/c18-11-5-4-10-8-12(20-15(10)9-11)6-7-16(21)13-2-1-3-14(19)17(13)22/h1-9,20,22H/b7-6+. The minimum absolute atomic E-state index is 0.0438. The average Bonchev–Trinajstić information content (AvgIpc) is 2.89. The normalized spacial score (nSPS) is 11.4. The van der Waals surface area contributed by atoms with Crippen LogP contribution in [0, 0.1) is 0 Å². The minimum atomic E-state index is -0.251. The Morgan fingerprint density at radius 1 is 1.14 bits per heavy atom. The zero-order valence-corrected chi connectivity index (χ0v) is 14.5. The van der Waals surface area contributed by atoms with Gasteiger partial charge in [0.2, 0.25) is 0 Å². The van der Waals surface area contributed by atoms with E-state index in [9.17, 15) is 9.90 Å². The molecular weight excluding hydrogens is 410 g/mol. The van der Waals surface area contributed by atoms with Gasteiger partial charge in [0.1, 0.15) is 5.75 Å². The Bertz CT molecular complexity index is 897. The zero-order chi connectivity index (χ0) is 15.7. The van der Waals surface area contributed by atoms with Crippen LogP contribution in [0.4, 0.5) is 0 Å². The Hall–Kier alpha value is -1.85. The first-order valence-corrected chi connectivity index (χ1v) is 8.11. The molecule has 110 valence electrons. The van der Waals surface area contributed by atoms with Crippen LogP contribution in [0.25, 0.3) is 17.0 Å². The second kappa shape index (κ2) is 6.10. The lowest BCUT2D eigenvalue weighted by Gasteiger charge is -2.01. The number of hydrogen-bond donors (Lipinski definition) is 2. The minimum Gasteiger partial charge on any atom is -0.506 e. The number of carbonyl (C=O) groups excluding carboxylic acids is 1. The smallest absolute Gasteiger partial charge is 0.189 e. The molecule has 3 rings (SSSR count). The lowest BCUT2D eigenvalue weighted by Crippen LogP contribution is -1.95. The van der Waals surface area contributed by atoms with Crippen LogP contribution in [-0.4, -0.2) is 15.9 Å². The number of aromatic amines is 1. The number of H-pyrrole nitrogens is 1. The van der Waals surface area contributed by atoms with Crippen LogP contribution in [0.1, 0.15) is 16.1 Å². The summed E-state index contributed by atoms with van der Waals surface area (Å²) in [7, 11) is 0. The van der Waals surface area contributed by atoms with Crippen molar-refractivity contribution < 1.29 is 9.90 Å². The summed E-state index contributed by atoms with van der Waals surface area (Å²) in [6, 6.07) is 12.9. The van der Waals surface area contributed by atoms with Gasteiger partial charge in [-0.05, 0) is 58.4 Å². The maximum Gasteiger partial charge on any atom is 0.189 e. The highest BCUT2D eigenvalue weighted by Crippen LogP contribution is 2.28. The lowest BCUT2D eigenvalue weighted by molar-refractivity contribution is 0.104. The van der Waals surface area contributed by atoms with E-state index in [1.165, 1.54) is 6.08 Å². The van der Waals surface area contributed by atoms with E-state index in [2.05, 4.69) is 36.8 Å². The summed E-state index contributed by atoms with van der Waals surface area (Å²) >= 11 is 6.63. The number of nitrogens with one attached hydrogen (secondary N) is 1. The fourth-order valence-electron chi connectivity index (χ4n) is 2.18. The number of phenols is 1. The van der Waals surface area contributed by atoms with Crippen molar-refractivity contribution in [3.63, 3.8) is 0 Å². The average molecular weight is 421 g/mol. The largest absolute Gasteiger partial charge is 0.506 e. The van der Waals surface area contributed by atoms with E-state index in [4.69, 9.17) is 0 Å². The molecule has 0 saturated carbocycles. The van der Waals surface area contributed by atoms with E-state index in [-0.39, 0.29) is 17.1 Å². The molecule has 22 heavy (non-hydrogen) atoms. The van der Waals surface area contributed by atoms with Crippen molar-refractivity contribution in [2.45, 2.75) is 0 Å². The second-order valence-electron chi connectivity index (χ2n) is 4.79. The predicted octanol–water partition coefficient (Wildman–Crippen LogP) is 5.29. The third-order valence-corrected chi connectivity index (χ3v) is 4.41. The highest BCUT2D eigenvalue weighted by atomic mass is 79.9. The number of para-hydroxylation sites is 1. The topological polar surface area (TPSA) is 53.1 Å². The fraction of sp³-hybridized carbons (Fsp3) is 0. The van der Waals surface area contributed by atoms with Crippen LogP contribution in [0.15, 0.2) is 57.5 Å². The van der Waals surface area contributed by atoms with Gasteiger partial charge in [-0.2, -0.15) is 0 Å². The fourth-order valence-corrected chi connectivity index (χ4v) is 2.91. The van der Waals surface area contributed by atoms with Crippen molar-refractivity contribution >= 4 is 54.6 Å². The van der Waals surface area contributed by atoms with E-state index in [1.807, 2.05) is 24.3 Å². The molecule has 0 radical (unpaired) electrons. The molecule has 2 N–H and O–H groups in total. The molecule has 0 spiro atoms. The Balaban J connectivity index is 1.88. The van der Waals surface area contributed by atoms with Crippen molar-refractivity contribution in [2.24, 2.45) is 0 Å². The van der Waals surface area contributed by atoms with Crippen LogP contribution in [-0.2, 0) is 0 Å². The molecule has 1 aromatic heterocycles. The molecule has 0 amide bonds. The molecule has 0 aliphatic rings. The van der Waals surface area contributed by atoms with E-state index in [1.54, 1.807) is 24.3 Å². The summed E-state index contributed by atoms with van der Waals surface area (Å²) < 4.78 is 1.50. The number of fused-ring (bicyclic) bond motifs is 1. The SMILES string of the molecule is O=C(/C=C/c1cc2ccc(Br)cc2[nH]1)c1cccc(Br)c1O. The summed E-state index contributed by atoms with van der Waals surface area (Å²) in [6.07, 6.45) is 3.15. The van der Waals surface area contributed by atoms with E-state index >= 15 is 0 Å². The molecule has 0 aliphatic heterocycles. The van der Waals surface area contributed by atoms with Crippen LogP contribution >= 0.6 is 31.9 Å². The van der Waals surface area contributed by atoms with Gasteiger partial charge in [0, 0.05) is 21.1 Å². The van der Waals surface area contributed by atoms with Gasteiger partial charge in [-0.15, -0.1) is 0 Å². The Morgan fingerprint density at radius 2 is 1.95 bits per heavy atom. The van der Waals surface area contributed by atoms with E-state index < -0.39 is 0 Å². The molecule has 0 aliphatic carbocycles. The number of carbonyl (C=O) groups is 1. The molecule has 0 bridgehead atoms. The van der Waals surface area contributed by atoms with Gasteiger partial charge >= 0.3 is 0 Å². The molecule has 0 atom stereocenters. The van der Waals surface area contributed by atoms with Gasteiger partial charge in [-0.25, -0.2) is 0 Å². The first-order chi connectivity index (χ1) is 10.5. The number of phenolic OH excluding ortho intramolecular Hbond substituents is 1. The molecule has 3 aromatic rings. The Kier molecular flexibility index (Phi) is 4.18. The monoisotopic (exact) mass is 419 g/mol. The van der Waals surface area contributed by atoms with Crippen LogP contribution in [0.5, 0.6) is 5.75 Å². The summed E-state index contributed by atoms with van der Waals surface area (Å²) in [5.41, 5.74) is 2.09. The number of allylic oxidation sites excluding steroid dienone is 1. The predicted molar refractivity (Wildman–Crippen MR) is 95.2 cm³/mol. The maximum atomic E-state index is 12.2. The van der Waals surface area contributed by atoms with Crippen molar-refractivity contribution in [3.8, 4) is 5.75 Å². The van der Waals surface area contributed by atoms with Gasteiger partial charge < -0.3 is 10.1 Å². The second-order valence-corrected chi connectivity index (χ2v) is 6.56. The molecule has 0 fully saturated rings. The van der Waals surface area contributed by atoms with Gasteiger partial charge in [-0.3, -0.25) is 4.79 Å². The van der Waals surface area contributed by atoms with Gasteiger partial charge in [-0.1, -0.05) is 28.1 Å². The molecule has 0 unspecified atom stereocenters. The summed E-state index contributed by atoms with van der Waals surface area (Å²) in [5, 5.41) is 11.0. The number of aromatic hydroxyl groups is 1. The molecule has 3 nitrogen and oxygen atoms in total. The zero-order valence-electron chi connectivity index (χ0n) is 11.3. The highest BCUT2D eigenvalue weighted by molar-refractivity contribution is 9.10. The molecule has 0 saturated heterocycles. The third kappa shape index (κ3) is 3.00. The number of ketones is 1. The molecular formula is C17H11Br2NO2. The molecule has 1 heterocycles. The van der Waals surface area contributed by atoms with Gasteiger partial charge in [0.25, 0.3) is 0 Å². The summed E-state index contributed by atoms with van der Waals surface area (Å²) in [4.78, 5) is 15.4. The number of aromatic nitrogens is 1. The Labute approximate surface area is 143 Å². The third-order valence-electron chi connectivity index (χ3n) is 3.27.